The molecule has 1 aliphatic heterocycles. The van der Waals surface area contributed by atoms with Crippen molar-refractivity contribution in [1.29, 1.82) is 0 Å². The van der Waals surface area contributed by atoms with Crippen molar-refractivity contribution in [3.63, 3.8) is 0 Å². The average Bonchev–Trinajstić information content (AvgIpc) is 2.57. The first kappa shape index (κ1) is 9.19. The molecule has 1 fully saturated rings. The third kappa shape index (κ3) is 1.62. The topological polar surface area (TPSA) is 29.1 Å². The molecule has 2 nitrogen and oxygen atoms in total. The molecule has 0 saturated carbocycles. The number of carbonyl (C=O) groups excluding carboxylic acids is 1. The lowest BCUT2D eigenvalue weighted by atomic mass is 10.0. The van der Waals surface area contributed by atoms with Crippen molar-refractivity contribution in [2.75, 3.05) is 0 Å². The molecule has 1 aromatic carbocycles. The van der Waals surface area contributed by atoms with Crippen molar-refractivity contribution in [2.45, 2.75) is 25.8 Å². The highest BCUT2D eigenvalue weighted by Gasteiger charge is 2.22. The van der Waals surface area contributed by atoms with E-state index in [0.717, 1.165) is 12.0 Å². The van der Waals surface area contributed by atoms with Gasteiger partial charge in [0.15, 0.2) is 0 Å². The Morgan fingerprint density at radius 3 is 2.86 bits per heavy atom. The van der Waals surface area contributed by atoms with Gasteiger partial charge in [0.25, 0.3) is 0 Å². The van der Waals surface area contributed by atoms with Gasteiger partial charge in [0.2, 0.25) is 5.91 Å². The summed E-state index contributed by atoms with van der Waals surface area (Å²) >= 11 is 0. The summed E-state index contributed by atoms with van der Waals surface area (Å²) in [5, 5.41) is 2.86. The number of nitrogens with one attached hydrogen (secondary N) is 1. The van der Waals surface area contributed by atoms with E-state index in [0.29, 0.717) is 12.0 Å². The quantitative estimate of drug-likeness (QED) is 0.727. The van der Waals surface area contributed by atoms with Crippen LogP contribution < -0.4 is 5.32 Å². The molecule has 1 N–H and O–H groups in total. The third-order valence-electron chi connectivity index (χ3n) is 2.58. The molecule has 1 atom stereocenters. The zero-order valence-electron chi connectivity index (χ0n) is 8.01. The molecule has 1 saturated heterocycles. The summed E-state index contributed by atoms with van der Waals surface area (Å²) in [7, 11) is 0. The van der Waals surface area contributed by atoms with E-state index in [-0.39, 0.29) is 17.8 Å². The van der Waals surface area contributed by atoms with Gasteiger partial charge >= 0.3 is 0 Å². The molecule has 0 aromatic heterocycles. The van der Waals surface area contributed by atoms with E-state index in [1.54, 1.807) is 19.1 Å². The highest BCUT2D eigenvalue weighted by molar-refractivity contribution is 5.78. The highest BCUT2D eigenvalue weighted by atomic mass is 19.1. The van der Waals surface area contributed by atoms with Gasteiger partial charge in [-0.15, -0.1) is 0 Å². The number of aryl methyl sites for hydroxylation is 1. The van der Waals surface area contributed by atoms with Crippen LogP contribution in [-0.2, 0) is 4.79 Å². The van der Waals surface area contributed by atoms with Crippen molar-refractivity contribution < 1.29 is 9.18 Å². The summed E-state index contributed by atoms with van der Waals surface area (Å²) in [4.78, 5) is 11.0. The van der Waals surface area contributed by atoms with E-state index >= 15 is 0 Å². The van der Waals surface area contributed by atoms with Crippen molar-refractivity contribution in [3.05, 3.63) is 35.1 Å². The zero-order valence-corrected chi connectivity index (χ0v) is 8.01. The Balaban J connectivity index is 2.24. The van der Waals surface area contributed by atoms with Crippen LogP contribution in [0.15, 0.2) is 18.2 Å². The number of carbonyl (C=O) groups is 1. The standard InChI is InChI=1S/C11H12FNO/c1-7-6-8(2-3-9(7)12)10-4-5-11(14)13-10/h2-3,6,10H,4-5H2,1H3,(H,13,14). The fourth-order valence-electron chi connectivity index (χ4n) is 1.75. The largest absolute Gasteiger partial charge is 0.349 e. The SMILES string of the molecule is Cc1cc(C2CCC(=O)N2)ccc1F. The van der Waals surface area contributed by atoms with Gasteiger partial charge < -0.3 is 5.32 Å². The second-order valence-corrected chi connectivity index (χ2v) is 3.67. The van der Waals surface area contributed by atoms with Crippen molar-refractivity contribution in [3.8, 4) is 0 Å². The molecular weight excluding hydrogens is 181 g/mol. The third-order valence-corrected chi connectivity index (χ3v) is 2.58. The Kier molecular flexibility index (Phi) is 2.23. The fourth-order valence-corrected chi connectivity index (χ4v) is 1.75. The second-order valence-electron chi connectivity index (χ2n) is 3.67. The Morgan fingerprint density at radius 1 is 1.50 bits per heavy atom. The first-order valence-electron chi connectivity index (χ1n) is 4.72. The number of amides is 1. The summed E-state index contributed by atoms with van der Waals surface area (Å²) in [6, 6.07) is 5.06. The minimum absolute atomic E-state index is 0.0711. The average molecular weight is 193 g/mol. The van der Waals surface area contributed by atoms with E-state index in [9.17, 15) is 9.18 Å². The van der Waals surface area contributed by atoms with Gasteiger partial charge in [-0.3, -0.25) is 4.79 Å². The van der Waals surface area contributed by atoms with Crippen molar-refractivity contribution >= 4 is 5.91 Å². The molecule has 0 spiro atoms. The molecule has 1 aromatic rings. The predicted molar refractivity (Wildman–Crippen MR) is 51.3 cm³/mol. The van der Waals surface area contributed by atoms with Crippen LogP contribution in [0.5, 0.6) is 0 Å². The lowest BCUT2D eigenvalue weighted by Crippen LogP contribution is -2.18. The summed E-state index contributed by atoms with van der Waals surface area (Å²) in [6.45, 7) is 1.73. The predicted octanol–water partition coefficient (Wildman–Crippen LogP) is 2.09. The molecule has 0 aliphatic carbocycles. The van der Waals surface area contributed by atoms with E-state index in [2.05, 4.69) is 5.32 Å². The molecule has 0 bridgehead atoms. The Bertz CT molecular complexity index is 376. The van der Waals surface area contributed by atoms with Crippen LogP contribution in [0.25, 0.3) is 0 Å². The van der Waals surface area contributed by atoms with Crippen LogP contribution in [-0.4, -0.2) is 5.91 Å². The summed E-state index contributed by atoms with van der Waals surface area (Å²) in [5.74, 6) is -0.116. The molecule has 1 amide bonds. The minimum atomic E-state index is -0.196. The van der Waals surface area contributed by atoms with Crippen LogP contribution in [0, 0.1) is 12.7 Å². The van der Waals surface area contributed by atoms with Gasteiger partial charge in [0.05, 0.1) is 6.04 Å². The first-order valence-corrected chi connectivity index (χ1v) is 4.72. The Hall–Kier alpha value is -1.38. The van der Waals surface area contributed by atoms with Crippen LogP contribution in [0.2, 0.25) is 0 Å². The number of benzene rings is 1. The highest BCUT2D eigenvalue weighted by Crippen LogP contribution is 2.24. The molecule has 0 radical (unpaired) electrons. The van der Waals surface area contributed by atoms with Crippen LogP contribution in [0.4, 0.5) is 4.39 Å². The lowest BCUT2D eigenvalue weighted by molar-refractivity contribution is -0.119. The van der Waals surface area contributed by atoms with E-state index in [1.807, 2.05) is 0 Å². The molecule has 74 valence electrons. The summed E-state index contributed by atoms with van der Waals surface area (Å²) in [6.07, 6.45) is 1.38. The van der Waals surface area contributed by atoms with Crippen LogP contribution >= 0.6 is 0 Å². The summed E-state index contributed by atoms with van der Waals surface area (Å²) in [5.41, 5.74) is 1.62. The van der Waals surface area contributed by atoms with Crippen LogP contribution in [0.1, 0.15) is 30.0 Å². The van der Waals surface area contributed by atoms with E-state index in [1.165, 1.54) is 6.07 Å². The van der Waals surface area contributed by atoms with Crippen molar-refractivity contribution in [2.24, 2.45) is 0 Å². The minimum Gasteiger partial charge on any atom is -0.349 e. The molecule has 1 heterocycles. The molecule has 14 heavy (non-hydrogen) atoms. The second kappa shape index (κ2) is 3.40. The van der Waals surface area contributed by atoms with Gasteiger partial charge in [-0.05, 0) is 30.5 Å². The monoisotopic (exact) mass is 193 g/mol. The van der Waals surface area contributed by atoms with Gasteiger partial charge in [-0.25, -0.2) is 4.39 Å². The Morgan fingerprint density at radius 2 is 2.29 bits per heavy atom. The summed E-state index contributed by atoms with van der Waals surface area (Å²) < 4.78 is 13.0. The van der Waals surface area contributed by atoms with E-state index in [4.69, 9.17) is 0 Å². The maximum absolute atomic E-state index is 13.0. The maximum atomic E-state index is 13.0. The number of hydrogen-bond donors (Lipinski definition) is 1. The van der Waals surface area contributed by atoms with Gasteiger partial charge in [0.1, 0.15) is 5.82 Å². The molecule has 1 aliphatic rings. The lowest BCUT2D eigenvalue weighted by Gasteiger charge is -2.10. The van der Waals surface area contributed by atoms with Gasteiger partial charge in [-0.1, -0.05) is 12.1 Å². The van der Waals surface area contributed by atoms with Crippen molar-refractivity contribution in [1.82, 2.24) is 5.32 Å². The molecule has 1 unspecified atom stereocenters. The molecule has 2 rings (SSSR count). The number of rotatable bonds is 1. The number of halogens is 1. The smallest absolute Gasteiger partial charge is 0.220 e. The normalized spacial score (nSPS) is 21.0. The van der Waals surface area contributed by atoms with E-state index < -0.39 is 0 Å². The fraction of sp³-hybridized carbons (Fsp3) is 0.364. The zero-order chi connectivity index (χ0) is 10.1. The molecular formula is C11H12FNO. The van der Waals surface area contributed by atoms with Crippen LogP contribution in [0.3, 0.4) is 0 Å². The molecule has 3 heteroatoms. The number of hydrogen-bond acceptors (Lipinski definition) is 1. The van der Waals surface area contributed by atoms with Gasteiger partial charge in [0, 0.05) is 6.42 Å². The first-order chi connectivity index (χ1) is 6.66. The Labute approximate surface area is 82.1 Å². The van der Waals surface area contributed by atoms with Gasteiger partial charge in [-0.2, -0.15) is 0 Å². The maximum Gasteiger partial charge on any atom is 0.220 e.